The molecule has 8 heteroatoms. The Morgan fingerprint density at radius 1 is 0.893 bits per heavy atom. The van der Waals surface area contributed by atoms with E-state index in [1.54, 1.807) is 7.11 Å². The van der Waals surface area contributed by atoms with Crippen LogP contribution >= 0.6 is 57.0 Å². The smallest absolute Gasteiger partial charge is 0.166 e. The fourth-order valence-corrected chi connectivity index (χ4v) is 4.79. The van der Waals surface area contributed by atoms with Crippen LogP contribution in [0.1, 0.15) is 16.7 Å². The van der Waals surface area contributed by atoms with Crippen LogP contribution in [0, 0.1) is 6.92 Å². The number of hydrogen-bond donors (Lipinski definition) is 1. The zero-order valence-electron chi connectivity index (χ0n) is 15.3. The van der Waals surface area contributed by atoms with Crippen LogP contribution in [0.5, 0.6) is 17.2 Å². The van der Waals surface area contributed by atoms with E-state index in [-0.39, 0.29) is 0 Å². The quantitative estimate of drug-likeness (QED) is 0.258. The van der Waals surface area contributed by atoms with Crippen molar-refractivity contribution in [1.82, 2.24) is 5.32 Å². The molecule has 0 fully saturated rings. The van der Waals surface area contributed by atoms with Crippen molar-refractivity contribution in [1.29, 1.82) is 0 Å². The Labute approximate surface area is 194 Å². The van der Waals surface area contributed by atoms with Gasteiger partial charge in [0, 0.05) is 17.0 Å². The molecule has 0 aromatic heterocycles. The lowest BCUT2D eigenvalue weighted by Crippen LogP contribution is -2.13. The van der Waals surface area contributed by atoms with E-state index in [4.69, 9.17) is 13.8 Å². The van der Waals surface area contributed by atoms with Gasteiger partial charge in [-0.05, 0) is 98.1 Å². The summed E-state index contributed by atoms with van der Waals surface area (Å²) < 4.78 is 17.0. The van der Waals surface area contributed by atoms with Gasteiger partial charge in [-0.2, -0.15) is 0 Å². The van der Waals surface area contributed by atoms with Crippen LogP contribution < -0.4 is 19.1 Å². The Kier molecular flexibility index (Phi) is 8.03. The van der Waals surface area contributed by atoms with Crippen molar-refractivity contribution in [2.24, 2.45) is 0 Å². The molecule has 0 saturated carbocycles. The fraction of sp³-hybridized carbons (Fsp3) is 0.100. The van der Waals surface area contributed by atoms with Crippen molar-refractivity contribution in [3.63, 3.8) is 0 Å². The molecule has 0 saturated heterocycles. The number of rotatable bonds is 7. The molecule has 4 nitrogen and oxygen atoms in total. The first-order valence-corrected chi connectivity index (χ1v) is 16.3. The summed E-state index contributed by atoms with van der Waals surface area (Å²) in [5.74, 6) is 2.38. The molecule has 2 aromatic rings. The maximum Gasteiger partial charge on any atom is 0.166 e. The first kappa shape index (κ1) is 21.9. The van der Waals surface area contributed by atoms with Gasteiger partial charge in [0.1, 0.15) is 18.6 Å². The van der Waals surface area contributed by atoms with Crippen LogP contribution in [-0.4, -0.2) is 7.11 Å². The fourth-order valence-electron chi connectivity index (χ4n) is 2.87. The van der Waals surface area contributed by atoms with Gasteiger partial charge in [-0.1, -0.05) is 24.8 Å². The van der Waals surface area contributed by atoms with Crippen LogP contribution in [0.3, 0.4) is 0 Å². The topological polar surface area (TPSA) is 39.7 Å². The second kappa shape index (κ2) is 10.3. The van der Waals surface area contributed by atoms with Gasteiger partial charge in [-0.25, -0.2) is 0 Å². The van der Waals surface area contributed by atoms with E-state index in [0.717, 1.165) is 50.9 Å². The Morgan fingerprint density at radius 2 is 1.57 bits per heavy atom. The highest BCUT2D eigenvalue weighted by atomic mass is 127. The first-order chi connectivity index (χ1) is 13.5. The van der Waals surface area contributed by atoms with Gasteiger partial charge >= 0.3 is 0 Å². The maximum atomic E-state index is 5.79. The number of benzene rings is 2. The molecule has 28 heavy (non-hydrogen) atoms. The zero-order chi connectivity index (χ0) is 20.1. The van der Waals surface area contributed by atoms with Gasteiger partial charge in [0.2, 0.25) is 0 Å². The summed E-state index contributed by atoms with van der Waals surface area (Å²) in [7, 11) is 1.69. The molecule has 0 radical (unpaired) electrons. The molecule has 1 aliphatic rings. The van der Waals surface area contributed by atoms with Crippen molar-refractivity contribution in [3.8, 4) is 17.2 Å². The Balaban J connectivity index is 1.99. The SMILES string of the molecule is C=C1C=C(c2ccc(OPI)c(OPI)c2)C=C(c2ccc(C)c(OC)c2)N1. The average molecular weight is 637 g/mol. The van der Waals surface area contributed by atoms with E-state index in [9.17, 15) is 0 Å². The van der Waals surface area contributed by atoms with E-state index in [2.05, 4.69) is 74.2 Å². The summed E-state index contributed by atoms with van der Waals surface area (Å²) in [4.78, 5) is 0. The van der Waals surface area contributed by atoms with Crippen LogP contribution in [0.25, 0.3) is 11.3 Å². The van der Waals surface area contributed by atoms with Crippen LogP contribution in [0.4, 0.5) is 0 Å². The van der Waals surface area contributed by atoms with Gasteiger partial charge in [0.15, 0.2) is 11.5 Å². The second-order valence-electron chi connectivity index (χ2n) is 6.01. The van der Waals surface area contributed by atoms with Crippen molar-refractivity contribution < 1.29 is 13.8 Å². The van der Waals surface area contributed by atoms with Crippen molar-refractivity contribution in [2.75, 3.05) is 7.11 Å². The van der Waals surface area contributed by atoms with Crippen LogP contribution in [0.2, 0.25) is 0 Å². The number of dihydropyridines is 1. The molecule has 0 bridgehead atoms. The van der Waals surface area contributed by atoms with Crippen molar-refractivity contribution >= 4 is 68.3 Å². The molecule has 0 aliphatic carbocycles. The predicted molar refractivity (Wildman–Crippen MR) is 138 cm³/mol. The minimum Gasteiger partial charge on any atom is -0.496 e. The van der Waals surface area contributed by atoms with Crippen molar-refractivity contribution in [2.45, 2.75) is 6.92 Å². The number of aryl methyl sites for hydroxylation is 1. The molecule has 2 atom stereocenters. The molecular weight excluding hydrogens is 618 g/mol. The Morgan fingerprint density at radius 3 is 2.29 bits per heavy atom. The Hall–Kier alpha value is -0.820. The minimum absolute atomic E-state index is 0.318. The monoisotopic (exact) mass is 637 g/mol. The molecule has 146 valence electrons. The highest BCUT2D eigenvalue weighted by molar-refractivity contribution is 14.2. The van der Waals surface area contributed by atoms with Gasteiger partial charge in [0.25, 0.3) is 0 Å². The molecule has 1 N–H and O–H groups in total. The van der Waals surface area contributed by atoms with E-state index in [0.29, 0.717) is 12.9 Å². The van der Waals surface area contributed by atoms with E-state index in [1.807, 2.05) is 37.3 Å². The Bertz CT molecular complexity index is 960. The molecule has 1 aliphatic heterocycles. The van der Waals surface area contributed by atoms with Gasteiger partial charge in [-0.15, -0.1) is 0 Å². The maximum absolute atomic E-state index is 5.79. The van der Waals surface area contributed by atoms with Gasteiger partial charge in [-0.3, -0.25) is 0 Å². The molecule has 1 heterocycles. The van der Waals surface area contributed by atoms with Crippen molar-refractivity contribution in [3.05, 3.63) is 77.5 Å². The molecule has 3 rings (SSSR count). The molecule has 2 unspecified atom stereocenters. The summed E-state index contributed by atoms with van der Waals surface area (Å²) in [6.07, 6.45) is 4.14. The normalized spacial score (nSPS) is 14.2. The first-order valence-electron chi connectivity index (χ1n) is 8.29. The predicted octanol–water partition coefficient (Wildman–Crippen LogP) is 7.19. The van der Waals surface area contributed by atoms with Crippen LogP contribution in [0.15, 0.2) is 60.8 Å². The van der Waals surface area contributed by atoms with E-state index < -0.39 is 0 Å². The number of ether oxygens (including phenoxy) is 1. The largest absolute Gasteiger partial charge is 0.496 e. The number of nitrogens with one attached hydrogen (secondary N) is 1. The second-order valence-corrected chi connectivity index (χ2v) is 9.37. The third kappa shape index (κ3) is 5.21. The highest BCUT2D eigenvalue weighted by Gasteiger charge is 2.15. The summed E-state index contributed by atoms with van der Waals surface area (Å²) in [6, 6.07) is 12.2. The highest BCUT2D eigenvalue weighted by Crippen LogP contribution is 2.41. The standard InChI is InChI=1S/C20H19I2NO3P2/c1-12-4-5-15(11-19(12)24-3)17-9-16(8-13(2)23-17)14-6-7-18(25-27-21)20(10-14)26-28-22/h4-11,23,27-28H,2H2,1,3H3. The molecule has 2 aromatic carbocycles. The van der Waals surface area contributed by atoms with E-state index in [1.165, 1.54) is 0 Å². The third-order valence-electron chi connectivity index (χ3n) is 4.22. The average Bonchev–Trinajstić information content (AvgIpc) is 2.69. The number of allylic oxidation sites excluding steroid dienone is 3. The lowest BCUT2D eigenvalue weighted by atomic mass is 9.97. The summed E-state index contributed by atoms with van der Waals surface area (Å²) in [5, 5.41) is 3.35. The minimum atomic E-state index is 0.318. The molecule has 0 amide bonds. The van der Waals surface area contributed by atoms with Gasteiger partial charge in [0.05, 0.1) is 7.11 Å². The lowest BCUT2D eigenvalue weighted by molar-refractivity contribution is 0.411. The zero-order valence-corrected chi connectivity index (χ0v) is 21.6. The number of halogens is 2. The molecule has 0 spiro atoms. The molecular formula is C20H19I2NO3P2. The number of hydrogen-bond acceptors (Lipinski definition) is 4. The summed E-state index contributed by atoms with van der Waals surface area (Å²) >= 11 is 4.42. The van der Waals surface area contributed by atoms with Crippen LogP contribution in [-0.2, 0) is 0 Å². The van der Waals surface area contributed by atoms with E-state index >= 15 is 0 Å². The lowest BCUT2D eigenvalue weighted by Gasteiger charge is -2.20. The third-order valence-corrected chi connectivity index (χ3v) is 6.13. The number of methoxy groups -OCH3 is 1. The van der Waals surface area contributed by atoms with Gasteiger partial charge < -0.3 is 19.1 Å². The summed E-state index contributed by atoms with van der Waals surface area (Å²) in [6.45, 7) is 6.80. The summed E-state index contributed by atoms with van der Waals surface area (Å²) in [5.41, 5.74) is 6.07.